The van der Waals surface area contributed by atoms with Crippen LogP contribution in [0.15, 0.2) is 60.9 Å². The number of pyridine rings is 1. The molecule has 1 aromatic carbocycles. The van der Waals surface area contributed by atoms with Gasteiger partial charge in [0.1, 0.15) is 0 Å². The van der Waals surface area contributed by atoms with Crippen LogP contribution in [-0.4, -0.2) is 16.8 Å². The van der Waals surface area contributed by atoms with Crippen molar-refractivity contribution in [1.82, 2.24) is 10.3 Å². The first-order valence-electron chi connectivity index (χ1n) is 9.66. The SMILES string of the molecule is O=C(NCc1cccnc1)[C@@H]1[C@H](C(=O)Nc2cccc(C(F)(F)F)c2)[C@H]2C=C[C@H]1C2. The van der Waals surface area contributed by atoms with Crippen molar-refractivity contribution in [2.45, 2.75) is 19.1 Å². The van der Waals surface area contributed by atoms with Gasteiger partial charge in [-0.1, -0.05) is 24.3 Å². The molecule has 2 N–H and O–H groups in total. The van der Waals surface area contributed by atoms with Crippen molar-refractivity contribution in [3.8, 4) is 0 Å². The van der Waals surface area contributed by atoms with E-state index >= 15 is 0 Å². The zero-order valence-electron chi connectivity index (χ0n) is 15.9. The van der Waals surface area contributed by atoms with Crippen molar-refractivity contribution in [2.24, 2.45) is 23.7 Å². The number of carbonyl (C=O) groups excluding carboxylic acids is 2. The first-order chi connectivity index (χ1) is 14.3. The lowest BCUT2D eigenvalue weighted by Crippen LogP contribution is -2.41. The number of benzene rings is 1. The van der Waals surface area contributed by atoms with Gasteiger partial charge < -0.3 is 10.6 Å². The zero-order chi connectivity index (χ0) is 21.3. The summed E-state index contributed by atoms with van der Waals surface area (Å²) in [6, 6.07) is 8.12. The highest BCUT2D eigenvalue weighted by molar-refractivity contribution is 5.97. The second-order valence-electron chi connectivity index (χ2n) is 7.65. The van der Waals surface area contributed by atoms with Crippen molar-refractivity contribution in [3.63, 3.8) is 0 Å². The minimum atomic E-state index is -4.50. The molecule has 5 nitrogen and oxygen atoms in total. The molecule has 0 saturated heterocycles. The van der Waals surface area contributed by atoms with Crippen LogP contribution in [0.2, 0.25) is 0 Å². The molecule has 2 aliphatic rings. The molecule has 2 aliphatic carbocycles. The minimum absolute atomic E-state index is 0.0545. The van der Waals surface area contributed by atoms with Gasteiger partial charge in [0, 0.05) is 24.6 Å². The highest BCUT2D eigenvalue weighted by Gasteiger charge is 2.51. The Bertz CT molecular complexity index is 975. The van der Waals surface area contributed by atoms with Crippen molar-refractivity contribution >= 4 is 17.5 Å². The summed E-state index contributed by atoms with van der Waals surface area (Å²) in [5.41, 5.74) is 0.0736. The van der Waals surface area contributed by atoms with E-state index in [1.54, 1.807) is 18.5 Å². The molecule has 1 saturated carbocycles. The van der Waals surface area contributed by atoms with Gasteiger partial charge >= 0.3 is 6.18 Å². The van der Waals surface area contributed by atoms with E-state index in [4.69, 9.17) is 0 Å². The number of amides is 2. The molecule has 2 bridgehead atoms. The van der Waals surface area contributed by atoms with Crippen molar-refractivity contribution in [2.75, 3.05) is 5.32 Å². The van der Waals surface area contributed by atoms with E-state index in [0.717, 1.165) is 17.7 Å². The maximum absolute atomic E-state index is 12.9. The molecular formula is C22H20F3N3O2. The van der Waals surface area contributed by atoms with Crippen LogP contribution in [0, 0.1) is 23.7 Å². The molecule has 1 fully saturated rings. The van der Waals surface area contributed by atoms with Crippen molar-refractivity contribution in [3.05, 3.63) is 72.1 Å². The Balaban J connectivity index is 1.47. The Morgan fingerprint density at radius 3 is 2.43 bits per heavy atom. The third-order valence-electron chi connectivity index (χ3n) is 5.71. The summed E-state index contributed by atoms with van der Waals surface area (Å²) in [6.07, 6.45) is 3.36. The van der Waals surface area contributed by atoms with Gasteiger partial charge in [-0.3, -0.25) is 14.6 Å². The summed E-state index contributed by atoms with van der Waals surface area (Å²) in [5, 5.41) is 5.44. The fraction of sp³-hybridized carbons (Fsp3) is 0.318. The largest absolute Gasteiger partial charge is 0.416 e. The van der Waals surface area contributed by atoms with E-state index in [1.165, 1.54) is 12.1 Å². The number of fused-ring (bicyclic) bond motifs is 2. The number of hydrogen-bond acceptors (Lipinski definition) is 3. The summed E-state index contributed by atoms with van der Waals surface area (Å²) < 4.78 is 38.8. The fourth-order valence-corrected chi connectivity index (χ4v) is 4.35. The van der Waals surface area contributed by atoms with Gasteiger partial charge in [-0.25, -0.2) is 0 Å². The van der Waals surface area contributed by atoms with Gasteiger partial charge in [-0.2, -0.15) is 13.2 Å². The van der Waals surface area contributed by atoms with Crippen LogP contribution in [0.5, 0.6) is 0 Å². The fourth-order valence-electron chi connectivity index (χ4n) is 4.35. The Labute approximate surface area is 171 Å². The van der Waals surface area contributed by atoms with E-state index in [-0.39, 0.29) is 23.4 Å². The maximum atomic E-state index is 12.9. The zero-order valence-corrected chi connectivity index (χ0v) is 15.9. The summed E-state index contributed by atoms with van der Waals surface area (Å²) in [4.78, 5) is 29.8. The number of halogens is 3. The number of rotatable bonds is 5. The van der Waals surface area contributed by atoms with Crippen molar-refractivity contribution < 1.29 is 22.8 Å². The highest BCUT2D eigenvalue weighted by Crippen LogP contribution is 2.48. The summed E-state index contributed by atoms with van der Waals surface area (Å²) in [7, 11) is 0. The number of hydrogen-bond donors (Lipinski definition) is 2. The third kappa shape index (κ3) is 4.08. The Hall–Kier alpha value is -3.16. The number of anilines is 1. The molecular weight excluding hydrogens is 395 g/mol. The van der Waals surface area contributed by atoms with Crippen LogP contribution in [0.3, 0.4) is 0 Å². The molecule has 156 valence electrons. The molecule has 1 aromatic heterocycles. The standard InChI is InChI=1S/C22H20F3N3O2/c23-22(24,25)16-4-1-5-17(10-16)28-21(30)19-15-7-6-14(9-15)18(19)20(29)27-12-13-3-2-8-26-11-13/h1-8,10-11,14-15,18-19H,9,12H2,(H,27,29)(H,28,30)/t14-,15-,18-,19+/m0/s1. The Morgan fingerprint density at radius 2 is 1.77 bits per heavy atom. The van der Waals surface area contributed by atoms with E-state index in [9.17, 15) is 22.8 Å². The Kier molecular flexibility index (Phi) is 5.32. The number of aromatic nitrogens is 1. The normalized spacial score (nSPS) is 24.6. The monoisotopic (exact) mass is 415 g/mol. The molecule has 2 aromatic rings. The van der Waals surface area contributed by atoms with Gasteiger partial charge in [0.05, 0.1) is 17.4 Å². The molecule has 0 radical (unpaired) electrons. The smallest absolute Gasteiger partial charge is 0.352 e. The molecule has 0 spiro atoms. The number of nitrogens with zero attached hydrogens (tertiary/aromatic N) is 1. The van der Waals surface area contributed by atoms with Gasteiger partial charge in [-0.05, 0) is 48.1 Å². The van der Waals surface area contributed by atoms with E-state index < -0.39 is 29.5 Å². The molecule has 4 atom stereocenters. The molecule has 4 rings (SSSR count). The minimum Gasteiger partial charge on any atom is -0.352 e. The second-order valence-corrected chi connectivity index (χ2v) is 7.65. The van der Waals surface area contributed by atoms with Gasteiger partial charge in [0.2, 0.25) is 11.8 Å². The quantitative estimate of drug-likeness (QED) is 0.730. The van der Waals surface area contributed by atoms with E-state index in [1.807, 2.05) is 18.2 Å². The molecule has 0 aliphatic heterocycles. The lowest BCUT2D eigenvalue weighted by molar-refractivity contribution is -0.137. The van der Waals surface area contributed by atoms with Crippen LogP contribution in [0.4, 0.5) is 18.9 Å². The lowest BCUT2D eigenvalue weighted by Gasteiger charge is -2.26. The van der Waals surface area contributed by atoms with Crippen LogP contribution in [0.25, 0.3) is 0 Å². The first-order valence-corrected chi connectivity index (χ1v) is 9.66. The second kappa shape index (κ2) is 7.93. The van der Waals surface area contributed by atoms with Crippen LogP contribution in [0.1, 0.15) is 17.5 Å². The van der Waals surface area contributed by atoms with E-state index in [0.29, 0.717) is 13.0 Å². The average molecular weight is 415 g/mol. The van der Waals surface area contributed by atoms with Crippen molar-refractivity contribution in [1.29, 1.82) is 0 Å². The topological polar surface area (TPSA) is 71.1 Å². The average Bonchev–Trinajstić information content (AvgIpc) is 3.34. The van der Waals surface area contributed by atoms with Gasteiger partial charge in [0.15, 0.2) is 0 Å². The number of carbonyl (C=O) groups is 2. The van der Waals surface area contributed by atoms with Gasteiger partial charge in [-0.15, -0.1) is 0 Å². The molecule has 30 heavy (non-hydrogen) atoms. The van der Waals surface area contributed by atoms with Crippen LogP contribution >= 0.6 is 0 Å². The van der Waals surface area contributed by atoms with Crippen LogP contribution < -0.4 is 10.6 Å². The summed E-state index contributed by atoms with van der Waals surface area (Å²) >= 11 is 0. The first kappa shape index (κ1) is 20.1. The number of nitrogens with one attached hydrogen (secondary N) is 2. The third-order valence-corrected chi connectivity index (χ3v) is 5.71. The molecule has 0 unspecified atom stereocenters. The van der Waals surface area contributed by atoms with E-state index in [2.05, 4.69) is 15.6 Å². The predicted molar refractivity (Wildman–Crippen MR) is 104 cm³/mol. The number of alkyl halides is 3. The summed E-state index contributed by atoms with van der Waals surface area (Å²) in [6.45, 7) is 0.298. The Morgan fingerprint density at radius 1 is 1.03 bits per heavy atom. The molecule has 1 heterocycles. The molecule has 8 heteroatoms. The van der Waals surface area contributed by atoms with Gasteiger partial charge in [0.25, 0.3) is 0 Å². The predicted octanol–water partition coefficient (Wildman–Crippen LogP) is 3.79. The lowest BCUT2D eigenvalue weighted by atomic mass is 9.81. The highest BCUT2D eigenvalue weighted by atomic mass is 19.4. The number of allylic oxidation sites excluding steroid dienone is 2. The van der Waals surface area contributed by atoms with Crippen LogP contribution in [-0.2, 0) is 22.3 Å². The maximum Gasteiger partial charge on any atom is 0.416 e. The summed E-state index contributed by atoms with van der Waals surface area (Å²) in [5.74, 6) is -2.00. The molecule has 2 amide bonds.